The molecule has 0 bridgehead atoms. The van der Waals surface area contributed by atoms with Crippen LogP contribution < -0.4 is 10.6 Å². The molecule has 2 aliphatic rings. The van der Waals surface area contributed by atoms with E-state index in [0.29, 0.717) is 12.0 Å². The second-order valence-electron chi connectivity index (χ2n) is 5.54. The zero-order chi connectivity index (χ0) is 13.0. The molecule has 1 amide bonds. The Bertz CT molecular complexity index is 271. The van der Waals surface area contributed by atoms with E-state index >= 15 is 0 Å². The van der Waals surface area contributed by atoms with Crippen molar-refractivity contribution in [3.05, 3.63) is 0 Å². The Balaban J connectivity index is 1.77. The van der Waals surface area contributed by atoms with Crippen molar-refractivity contribution in [2.24, 2.45) is 5.92 Å². The Morgan fingerprint density at radius 3 is 2.61 bits per heavy atom. The molecule has 104 valence electrons. The first-order valence-corrected chi connectivity index (χ1v) is 6.96. The summed E-state index contributed by atoms with van der Waals surface area (Å²) in [6.07, 6.45) is 2.15. The van der Waals surface area contributed by atoms with Crippen LogP contribution in [0.1, 0.15) is 19.8 Å². The molecule has 2 heterocycles. The molecule has 2 unspecified atom stereocenters. The number of nitrogens with zero attached hydrogens (tertiary/aromatic N) is 1. The van der Waals surface area contributed by atoms with Gasteiger partial charge in [-0.05, 0) is 25.7 Å². The third kappa shape index (κ3) is 3.67. The molecule has 0 radical (unpaired) electrons. The largest absolute Gasteiger partial charge is 0.381 e. The molecule has 0 aromatic carbocycles. The lowest BCUT2D eigenvalue weighted by Gasteiger charge is -2.33. The number of rotatable bonds is 3. The van der Waals surface area contributed by atoms with Gasteiger partial charge in [0.25, 0.3) is 0 Å². The molecular formula is C13H25N3O2. The molecule has 0 spiro atoms. The highest BCUT2D eigenvalue weighted by atomic mass is 16.5. The van der Waals surface area contributed by atoms with E-state index in [4.69, 9.17) is 4.74 Å². The van der Waals surface area contributed by atoms with Crippen molar-refractivity contribution in [2.75, 3.05) is 39.9 Å². The van der Waals surface area contributed by atoms with Crippen LogP contribution in [0.25, 0.3) is 0 Å². The smallest absolute Gasteiger partial charge is 0.240 e. The minimum absolute atomic E-state index is 0.0639. The van der Waals surface area contributed by atoms with Gasteiger partial charge in [0.2, 0.25) is 5.91 Å². The summed E-state index contributed by atoms with van der Waals surface area (Å²) in [6, 6.07) is 0.390. The van der Waals surface area contributed by atoms with Crippen LogP contribution in [0.2, 0.25) is 0 Å². The molecule has 2 atom stereocenters. The second kappa shape index (κ2) is 6.50. The Hall–Kier alpha value is -0.650. The van der Waals surface area contributed by atoms with Crippen LogP contribution in [0.5, 0.6) is 0 Å². The number of piperazine rings is 1. The minimum atomic E-state index is -0.0639. The third-order valence-corrected chi connectivity index (χ3v) is 3.89. The van der Waals surface area contributed by atoms with Gasteiger partial charge in [0.1, 0.15) is 0 Å². The number of amides is 1. The Morgan fingerprint density at radius 2 is 2.00 bits per heavy atom. The van der Waals surface area contributed by atoms with Crippen molar-refractivity contribution in [3.63, 3.8) is 0 Å². The number of carbonyl (C=O) groups excluding carboxylic acids is 1. The number of hydrogen-bond acceptors (Lipinski definition) is 4. The number of nitrogens with one attached hydrogen (secondary N) is 2. The summed E-state index contributed by atoms with van der Waals surface area (Å²) < 4.78 is 5.34. The lowest BCUT2D eigenvalue weighted by molar-refractivity contribution is -0.133. The van der Waals surface area contributed by atoms with Gasteiger partial charge >= 0.3 is 0 Å². The summed E-state index contributed by atoms with van der Waals surface area (Å²) in [5.74, 6) is 0.809. The van der Waals surface area contributed by atoms with E-state index in [1.54, 1.807) is 0 Å². The fourth-order valence-corrected chi connectivity index (χ4v) is 2.63. The summed E-state index contributed by atoms with van der Waals surface area (Å²) in [6.45, 7) is 6.26. The van der Waals surface area contributed by atoms with E-state index in [-0.39, 0.29) is 11.9 Å². The first-order valence-electron chi connectivity index (χ1n) is 6.96. The maximum absolute atomic E-state index is 12.3. The third-order valence-electron chi connectivity index (χ3n) is 3.89. The fraction of sp³-hybridized carbons (Fsp3) is 0.923. The van der Waals surface area contributed by atoms with Crippen molar-refractivity contribution < 1.29 is 9.53 Å². The van der Waals surface area contributed by atoms with Crippen LogP contribution in [-0.2, 0) is 9.53 Å². The van der Waals surface area contributed by atoms with E-state index in [1.165, 1.54) is 0 Å². The summed E-state index contributed by atoms with van der Waals surface area (Å²) in [5, 5.41) is 6.65. The normalized spacial score (nSPS) is 30.1. The van der Waals surface area contributed by atoms with Crippen LogP contribution in [0, 0.1) is 5.92 Å². The molecule has 18 heavy (non-hydrogen) atoms. The first kappa shape index (κ1) is 13.8. The van der Waals surface area contributed by atoms with Gasteiger partial charge in [-0.15, -0.1) is 0 Å². The van der Waals surface area contributed by atoms with Gasteiger partial charge in [-0.2, -0.15) is 0 Å². The molecule has 2 rings (SSSR count). The molecule has 0 aromatic rings. The van der Waals surface area contributed by atoms with E-state index in [9.17, 15) is 4.79 Å². The molecule has 5 nitrogen and oxygen atoms in total. The van der Waals surface area contributed by atoms with Crippen molar-refractivity contribution in [2.45, 2.75) is 31.8 Å². The summed E-state index contributed by atoms with van der Waals surface area (Å²) in [7, 11) is 1.91. The lowest BCUT2D eigenvalue weighted by Crippen LogP contribution is -2.59. The standard InChI is InChI=1S/C13H25N3O2/c1-10-7-15-12(8-14-10)13(17)16(2)9-11-3-5-18-6-4-11/h10-12,14-15H,3-9H2,1-2H3. The monoisotopic (exact) mass is 255 g/mol. The molecule has 2 fully saturated rings. The van der Waals surface area contributed by atoms with Crippen molar-refractivity contribution in [1.29, 1.82) is 0 Å². The van der Waals surface area contributed by atoms with Gasteiger partial charge in [-0.1, -0.05) is 0 Å². The van der Waals surface area contributed by atoms with Gasteiger partial charge in [0.05, 0.1) is 6.04 Å². The van der Waals surface area contributed by atoms with E-state index < -0.39 is 0 Å². The van der Waals surface area contributed by atoms with Crippen LogP contribution >= 0.6 is 0 Å². The van der Waals surface area contributed by atoms with Gasteiger partial charge in [-0.3, -0.25) is 4.79 Å². The van der Waals surface area contributed by atoms with Crippen LogP contribution in [0.15, 0.2) is 0 Å². The van der Waals surface area contributed by atoms with E-state index in [0.717, 1.165) is 45.7 Å². The van der Waals surface area contributed by atoms with Crippen molar-refractivity contribution in [3.8, 4) is 0 Å². The SMILES string of the molecule is CC1CNC(C(=O)N(C)CC2CCOCC2)CN1. The molecule has 2 saturated heterocycles. The second-order valence-corrected chi connectivity index (χ2v) is 5.54. The molecule has 0 aromatic heterocycles. The highest BCUT2D eigenvalue weighted by molar-refractivity contribution is 5.82. The summed E-state index contributed by atoms with van der Waals surface area (Å²) in [4.78, 5) is 14.2. The van der Waals surface area contributed by atoms with Crippen molar-refractivity contribution in [1.82, 2.24) is 15.5 Å². The van der Waals surface area contributed by atoms with Crippen LogP contribution in [0.3, 0.4) is 0 Å². The Kier molecular flexibility index (Phi) is 4.97. The average Bonchev–Trinajstić information content (AvgIpc) is 2.40. The topological polar surface area (TPSA) is 53.6 Å². The zero-order valence-electron chi connectivity index (χ0n) is 11.4. The molecular weight excluding hydrogens is 230 g/mol. The lowest BCUT2D eigenvalue weighted by atomic mass is 9.99. The summed E-state index contributed by atoms with van der Waals surface area (Å²) >= 11 is 0. The average molecular weight is 255 g/mol. The molecule has 2 N–H and O–H groups in total. The van der Waals surface area contributed by atoms with Gasteiger partial charge in [0, 0.05) is 45.9 Å². The van der Waals surface area contributed by atoms with Crippen LogP contribution in [0.4, 0.5) is 0 Å². The van der Waals surface area contributed by atoms with Gasteiger partial charge < -0.3 is 20.3 Å². The summed E-state index contributed by atoms with van der Waals surface area (Å²) in [5.41, 5.74) is 0. The molecule has 2 aliphatic heterocycles. The molecule has 5 heteroatoms. The molecule has 0 aliphatic carbocycles. The predicted molar refractivity (Wildman–Crippen MR) is 70.4 cm³/mol. The quantitative estimate of drug-likeness (QED) is 0.735. The number of ether oxygens (including phenoxy) is 1. The zero-order valence-corrected chi connectivity index (χ0v) is 11.4. The van der Waals surface area contributed by atoms with Gasteiger partial charge in [-0.25, -0.2) is 0 Å². The highest BCUT2D eigenvalue weighted by Gasteiger charge is 2.27. The fourth-order valence-electron chi connectivity index (χ4n) is 2.63. The van der Waals surface area contributed by atoms with E-state index in [1.807, 2.05) is 11.9 Å². The Labute approximate surface area is 109 Å². The number of hydrogen-bond donors (Lipinski definition) is 2. The highest BCUT2D eigenvalue weighted by Crippen LogP contribution is 2.16. The number of likely N-dealkylation sites (N-methyl/N-ethyl adjacent to an activating group) is 1. The minimum Gasteiger partial charge on any atom is -0.381 e. The van der Waals surface area contributed by atoms with E-state index in [2.05, 4.69) is 17.6 Å². The Morgan fingerprint density at radius 1 is 1.28 bits per heavy atom. The van der Waals surface area contributed by atoms with Gasteiger partial charge in [0.15, 0.2) is 0 Å². The maximum atomic E-state index is 12.3. The van der Waals surface area contributed by atoms with Crippen LogP contribution in [-0.4, -0.2) is 62.8 Å². The maximum Gasteiger partial charge on any atom is 0.240 e. The number of carbonyl (C=O) groups is 1. The first-order chi connectivity index (χ1) is 8.66. The predicted octanol–water partition coefficient (Wildman–Crippen LogP) is -0.179. The van der Waals surface area contributed by atoms with Crippen molar-refractivity contribution >= 4 is 5.91 Å². The molecule has 0 saturated carbocycles.